The predicted molar refractivity (Wildman–Crippen MR) is 96.6 cm³/mol. The molecule has 0 aliphatic heterocycles. The third-order valence-electron chi connectivity index (χ3n) is 2.81. The number of carbonyl (C=O) groups excluding carboxylic acids is 2. The highest BCUT2D eigenvalue weighted by atomic mass is 32.2. The molecule has 8 nitrogen and oxygen atoms in total. The molecule has 2 rings (SSSR count). The van der Waals surface area contributed by atoms with Crippen molar-refractivity contribution < 1.29 is 19.1 Å². The first-order valence-electron chi connectivity index (χ1n) is 7.40. The quantitative estimate of drug-likeness (QED) is 0.502. The Kier molecular flexibility index (Phi) is 7.48. The fraction of sp³-hybridized carbons (Fsp3) is 0.333. The van der Waals surface area contributed by atoms with Crippen molar-refractivity contribution in [2.24, 2.45) is 0 Å². The number of rotatable bonds is 9. The van der Waals surface area contributed by atoms with Crippen LogP contribution >= 0.6 is 23.1 Å². The summed E-state index contributed by atoms with van der Waals surface area (Å²) in [6, 6.07) is 7.52. The van der Waals surface area contributed by atoms with Crippen LogP contribution in [0, 0.1) is 0 Å². The van der Waals surface area contributed by atoms with Crippen LogP contribution in [0.2, 0.25) is 0 Å². The van der Waals surface area contributed by atoms with Crippen LogP contribution in [0.15, 0.2) is 28.6 Å². The molecule has 0 unspecified atom stereocenters. The standard InChI is InChI=1S/C15H18N4O4S2/c1-3-23-11-6-4-10(5-7-11)17-14-18-19-15(25-14)24-9-12(20)16-8-13(21)22-2/h4-7H,3,8-9H2,1-2H3,(H,16,20)(H,17,18). The lowest BCUT2D eigenvalue weighted by Crippen LogP contribution is -2.31. The fourth-order valence-corrected chi connectivity index (χ4v) is 3.27. The minimum absolute atomic E-state index is 0.142. The van der Waals surface area contributed by atoms with Gasteiger partial charge in [0.25, 0.3) is 0 Å². The van der Waals surface area contributed by atoms with Crippen molar-refractivity contribution >= 4 is 45.8 Å². The highest BCUT2D eigenvalue weighted by Gasteiger charge is 2.10. The van der Waals surface area contributed by atoms with Crippen LogP contribution in [0.4, 0.5) is 10.8 Å². The SMILES string of the molecule is CCOc1ccc(Nc2nnc(SCC(=O)NCC(=O)OC)s2)cc1. The lowest BCUT2D eigenvalue weighted by molar-refractivity contribution is -0.140. The second-order valence-electron chi connectivity index (χ2n) is 4.60. The minimum Gasteiger partial charge on any atom is -0.494 e. The molecule has 0 radical (unpaired) electrons. The zero-order chi connectivity index (χ0) is 18.1. The molecule has 134 valence electrons. The smallest absolute Gasteiger partial charge is 0.325 e. The number of thioether (sulfide) groups is 1. The van der Waals surface area contributed by atoms with E-state index in [1.54, 1.807) is 0 Å². The van der Waals surface area contributed by atoms with Gasteiger partial charge in [-0.3, -0.25) is 9.59 Å². The average Bonchev–Trinajstić information content (AvgIpc) is 3.07. The summed E-state index contributed by atoms with van der Waals surface area (Å²) in [6.07, 6.45) is 0. The van der Waals surface area contributed by atoms with E-state index in [0.717, 1.165) is 11.4 Å². The normalized spacial score (nSPS) is 10.2. The molecule has 1 heterocycles. The van der Waals surface area contributed by atoms with Crippen LogP contribution in [0.5, 0.6) is 5.75 Å². The maximum atomic E-state index is 11.6. The molecular weight excluding hydrogens is 364 g/mol. The Morgan fingerprint density at radius 3 is 2.68 bits per heavy atom. The molecule has 0 fully saturated rings. The number of amides is 1. The number of hydrogen-bond acceptors (Lipinski definition) is 9. The summed E-state index contributed by atoms with van der Waals surface area (Å²) in [6.45, 7) is 2.41. The van der Waals surface area contributed by atoms with E-state index in [4.69, 9.17) is 4.74 Å². The van der Waals surface area contributed by atoms with E-state index in [1.807, 2.05) is 31.2 Å². The molecule has 2 aromatic rings. The molecule has 0 saturated carbocycles. The van der Waals surface area contributed by atoms with Crippen molar-refractivity contribution in [3.05, 3.63) is 24.3 Å². The maximum Gasteiger partial charge on any atom is 0.325 e. The molecule has 2 N–H and O–H groups in total. The number of hydrogen-bond donors (Lipinski definition) is 2. The van der Waals surface area contributed by atoms with Crippen molar-refractivity contribution in [1.82, 2.24) is 15.5 Å². The van der Waals surface area contributed by atoms with Crippen LogP contribution in [0.1, 0.15) is 6.92 Å². The third-order valence-corrected chi connectivity index (χ3v) is 4.78. The first kappa shape index (κ1) is 19.0. The van der Waals surface area contributed by atoms with E-state index in [2.05, 4.69) is 25.6 Å². The van der Waals surface area contributed by atoms with Crippen molar-refractivity contribution in [3.8, 4) is 5.75 Å². The summed E-state index contributed by atoms with van der Waals surface area (Å²) in [5.41, 5.74) is 0.868. The van der Waals surface area contributed by atoms with E-state index in [0.29, 0.717) is 16.1 Å². The zero-order valence-corrected chi connectivity index (χ0v) is 15.4. The van der Waals surface area contributed by atoms with Gasteiger partial charge in [-0.1, -0.05) is 23.1 Å². The number of anilines is 2. The summed E-state index contributed by atoms with van der Waals surface area (Å²) in [5.74, 6) is 0.191. The van der Waals surface area contributed by atoms with Crippen molar-refractivity contribution in [3.63, 3.8) is 0 Å². The van der Waals surface area contributed by atoms with E-state index < -0.39 is 5.97 Å². The molecular formula is C15H18N4O4S2. The number of carbonyl (C=O) groups is 2. The molecule has 10 heteroatoms. The zero-order valence-electron chi connectivity index (χ0n) is 13.8. The second-order valence-corrected chi connectivity index (χ2v) is 6.80. The molecule has 0 spiro atoms. The summed E-state index contributed by atoms with van der Waals surface area (Å²) in [5, 5.41) is 14.3. The first-order valence-corrected chi connectivity index (χ1v) is 9.20. The molecule has 1 amide bonds. The number of aromatic nitrogens is 2. The Morgan fingerprint density at radius 1 is 1.24 bits per heavy atom. The molecule has 1 aromatic heterocycles. The summed E-state index contributed by atoms with van der Waals surface area (Å²) >= 11 is 2.59. The maximum absolute atomic E-state index is 11.6. The lowest BCUT2D eigenvalue weighted by atomic mass is 10.3. The fourth-order valence-electron chi connectivity index (χ4n) is 1.66. The summed E-state index contributed by atoms with van der Waals surface area (Å²) < 4.78 is 10.5. The Bertz CT molecular complexity index is 706. The topological polar surface area (TPSA) is 102 Å². The Hall–Kier alpha value is -2.33. The van der Waals surface area contributed by atoms with E-state index in [-0.39, 0.29) is 18.2 Å². The Balaban J connectivity index is 1.79. The van der Waals surface area contributed by atoms with Gasteiger partial charge >= 0.3 is 5.97 Å². The number of nitrogens with one attached hydrogen (secondary N) is 2. The number of methoxy groups -OCH3 is 1. The summed E-state index contributed by atoms with van der Waals surface area (Å²) in [4.78, 5) is 22.6. The van der Waals surface area contributed by atoms with Gasteiger partial charge in [-0.15, -0.1) is 10.2 Å². The molecule has 25 heavy (non-hydrogen) atoms. The van der Waals surface area contributed by atoms with Crippen LogP contribution in [-0.2, 0) is 14.3 Å². The van der Waals surface area contributed by atoms with Crippen molar-refractivity contribution in [1.29, 1.82) is 0 Å². The number of nitrogens with zero attached hydrogens (tertiary/aromatic N) is 2. The monoisotopic (exact) mass is 382 g/mol. The first-order chi connectivity index (χ1) is 12.1. The van der Waals surface area contributed by atoms with Gasteiger partial charge in [-0.2, -0.15) is 0 Å². The van der Waals surface area contributed by atoms with Crippen LogP contribution in [-0.4, -0.2) is 48.1 Å². The van der Waals surface area contributed by atoms with E-state index in [9.17, 15) is 9.59 Å². The third kappa shape index (κ3) is 6.59. The Labute approximate surface area is 153 Å². The van der Waals surface area contributed by atoms with Gasteiger partial charge in [0.2, 0.25) is 11.0 Å². The van der Waals surface area contributed by atoms with Gasteiger partial charge in [0, 0.05) is 5.69 Å². The highest BCUT2D eigenvalue weighted by Crippen LogP contribution is 2.28. The average molecular weight is 382 g/mol. The van der Waals surface area contributed by atoms with Gasteiger partial charge in [-0.25, -0.2) is 0 Å². The van der Waals surface area contributed by atoms with Gasteiger partial charge in [0.1, 0.15) is 12.3 Å². The van der Waals surface area contributed by atoms with E-state index in [1.165, 1.54) is 30.2 Å². The van der Waals surface area contributed by atoms with Gasteiger partial charge in [0.15, 0.2) is 4.34 Å². The molecule has 1 aromatic carbocycles. The number of ether oxygens (including phenoxy) is 2. The number of esters is 1. The van der Waals surface area contributed by atoms with Crippen molar-refractivity contribution in [2.45, 2.75) is 11.3 Å². The van der Waals surface area contributed by atoms with Crippen LogP contribution in [0.25, 0.3) is 0 Å². The number of benzene rings is 1. The molecule has 0 atom stereocenters. The highest BCUT2D eigenvalue weighted by molar-refractivity contribution is 8.01. The molecule has 0 saturated heterocycles. The van der Waals surface area contributed by atoms with E-state index >= 15 is 0 Å². The Morgan fingerprint density at radius 2 is 2.00 bits per heavy atom. The molecule has 0 aliphatic rings. The summed E-state index contributed by atoms with van der Waals surface area (Å²) in [7, 11) is 1.27. The van der Waals surface area contributed by atoms with Crippen LogP contribution < -0.4 is 15.4 Å². The van der Waals surface area contributed by atoms with Crippen molar-refractivity contribution in [2.75, 3.05) is 31.3 Å². The predicted octanol–water partition coefficient (Wildman–Crippen LogP) is 2.06. The van der Waals surface area contributed by atoms with Gasteiger partial charge < -0.3 is 20.1 Å². The van der Waals surface area contributed by atoms with Gasteiger partial charge in [-0.05, 0) is 31.2 Å². The molecule has 0 bridgehead atoms. The lowest BCUT2D eigenvalue weighted by Gasteiger charge is -2.05. The van der Waals surface area contributed by atoms with Gasteiger partial charge in [0.05, 0.1) is 19.5 Å². The van der Waals surface area contributed by atoms with Crippen LogP contribution in [0.3, 0.4) is 0 Å². The second kappa shape index (κ2) is 9.84. The molecule has 0 aliphatic carbocycles. The minimum atomic E-state index is -0.490. The largest absolute Gasteiger partial charge is 0.494 e.